The smallest absolute Gasteiger partial charge is 0.271 e. The standard InChI is InChI=1S/C35H29IN2O5S/c1-20-31(21(2)39)32(24-12-14-26(41-3)15-13-24)38-34(40)30(44-35(38)37-20)18-22-16-28(36)33(29(17-22)42-4)43-19-25-10-7-9-23-8-5-6-11-27(23)25/h5-18,32H,19H2,1-4H3/b30-18+/t32-/m1/s1. The fourth-order valence-corrected chi connectivity index (χ4v) is 7.38. The van der Waals surface area contributed by atoms with Gasteiger partial charge in [0.15, 0.2) is 22.1 Å². The van der Waals surface area contributed by atoms with E-state index in [9.17, 15) is 9.59 Å². The molecule has 0 spiro atoms. The maximum atomic E-state index is 13.9. The molecule has 9 heteroatoms. The predicted molar refractivity (Wildman–Crippen MR) is 181 cm³/mol. The normalized spacial score (nSPS) is 14.8. The van der Waals surface area contributed by atoms with Crippen molar-refractivity contribution in [2.24, 2.45) is 4.99 Å². The van der Waals surface area contributed by atoms with E-state index in [0.717, 1.165) is 31.0 Å². The van der Waals surface area contributed by atoms with Crippen LogP contribution in [0, 0.1) is 3.57 Å². The summed E-state index contributed by atoms with van der Waals surface area (Å²) >= 11 is 3.53. The van der Waals surface area contributed by atoms with Crippen molar-refractivity contribution in [2.75, 3.05) is 14.2 Å². The molecule has 5 aromatic rings. The topological polar surface area (TPSA) is 79.1 Å². The average Bonchev–Trinajstić information content (AvgIpc) is 3.33. The third-order valence-corrected chi connectivity index (χ3v) is 9.42. The molecule has 7 nitrogen and oxygen atoms in total. The van der Waals surface area contributed by atoms with E-state index in [-0.39, 0.29) is 11.3 Å². The number of aromatic nitrogens is 1. The first-order valence-electron chi connectivity index (χ1n) is 13.9. The van der Waals surface area contributed by atoms with Crippen LogP contribution in [0.4, 0.5) is 0 Å². The summed E-state index contributed by atoms with van der Waals surface area (Å²) in [5.41, 5.74) is 3.57. The van der Waals surface area contributed by atoms with Crippen LogP contribution in [0.2, 0.25) is 0 Å². The van der Waals surface area contributed by atoms with Crippen molar-refractivity contribution in [1.82, 2.24) is 4.57 Å². The summed E-state index contributed by atoms with van der Waals surface area (Å²) in [5, 5.41) is 2.30. The fourth-order valence-electron chi connectivity index (χ4n) is 5.56. The van der Waals surface area contributed by atoms with Crippen LogP contribution in [-0.2, 0) is 11.4 Å². The quantitative estimate of drug-likeness (QED) is 0.180. The second-order valence-electron chi connectivity index (χ2n) is 10.4. The van der Waals surface area contributed by atoms with Crippen molar-refractivity contribution in [1.29, 1.82) is 0 Å². The summed E-state index contributed by atoms with van der Waals surface area (Å²) in [7, 11) is 3.21. The van der Waals surface area contributed by atoms with Gasteiger partial charge in [-0.05, 0) is 94.2 Å². The van der Waals surface area contributed by atoms with Crippen LogP contribution in [0.3, 0.4) is 0 Å². The average molecular weight is 717 g/mol. The Hall–Kier alpha value is -4.22. The summed E-state index contributed by atoms with van der Waals surface area (Å²) in [4.78, 5) is 31.9. The van der Waals surface area contributed by atoms with Gasteiger partial charge in [-0.15, -0.1) is 0 Å². The first-order chi connectivity index (χ1) is 21.3. The van der Waals surface area contributed by atoms with Gasteiger partial charge in [-0.2, -0.15) is 0 Å². The molecule has 222 valence electrons. The zero-order valence-corrected chi connectivity index (χ0v) is 27.6. The maximum Gasteiger partial charge on any atom is 0.271 e. The Morgan fingerprint density at radius 3 is 2.50 bits per heavy atom. The van der Waals surface area contributed by atoms with Gasteiger partial charge in [0.2, 0.25) is 0 Å². The number of hydrogen-bond acceptors (Lipinski definition) is 7. The molecule has 6 rings (SSSR count). The maximum absolute atomic E-state index is 13.9. The van der Waals surface area contributed by atoms with E-state index in [1.807, 2.05) is 67.6 Å². The van der Waals surface area contributed by atoms with E-state index in [1.165, 1.54) is 18.3 Å². The van der Waals surface area contributed by atoms with Crippen LogP contribution in [0.15, 0.2) is 99.9 Å². The molecule has 4 aromatic carbocycles. The lowest BCUT2D eigenvalue weighted by atomic mass is 9.93. The zero-order chi connectivity index (χ0) is 31.0. The Morgan fingerprint density at radius 1 is 1.02 bits per heavy atom. The Bertz CT molecular complexity index is 2120. The summed E-state index contributed by atoms with van der Waals surface area (Å²) < 4.78 is 20.3. The number of thiazole rings is 1. The van der Waals surface area contributed by atoms with Gasteiger partial charge >= 0.3 is 0 Å². The molecule has 0 unspecified atom stereocenters. The van der Waals surface area contributed by atoms with E-state index in [2.05, 4.69) is 51.8 Å². The molecular formula is C35H29IN2O5S. The molecule has 0 N–H and O–H groups in total. The largest absolute Gasteiger partial charge is 0.497 e. The summed E-state index contributed by atoms with van der Waals surface area (Å²) in [6.45, 7) is 3.71. The molecule has 0 bridgehead atoms. The molecule has 1 atom stereocenters. The van der Waals surface area contributed by atoms with Gasteiger partial charge in [0, 0.05) is 11.3 Å². The number of Topliss-reactive ketones (excluding diaryl/α,β-unsaturated/α-hetero) is 1. The van der Waals surface area contributed by atoms with Gasteiger partial charge in [-0.1, -0.05) is 65.9 Å². The molecule has 0 amide bonds. The van der Waals surface area contributed by atoms with E-state index < -0.39 is 6.04 Å². The Labute approximate surface area is 271 Å². The second kappa shape index (κ2) is 12.4. The Morgan fingerprint density at radius 2 is 1.77 bits per heavy atom. The zero-order valence-electron chi connectivity index (χ0n) is 24.6. The van der Waals surface area contributed by atoms with Crippen molar-refractivity contribution < 1.29 is 19.0 Å². The minimum atomic E-state index is -0.587. The van der Waals surface area contributed by atoms with Gasteiger partial charge in [0.1, 0.15) is 12.4 Å². The van der Waals surface area contributed by atoms with Crippen LogP contribution in [0.1, 0.15) is 36.6 Å². The fraction of sp³-hybridized carbons (Fsp3) is 0.171. The molecule has 2 heterocycles. The second-order valence-corrected chi connectivity index (χ2v) is 12.5. The number of rotatable bonds is 8. The highest BCUT2D eigenvalue weighted by Gasteiger charge is 2.30. The van der Waals surface area contributed by atoms with Crippen molar-refractivity contribution in [3.8, 4) is 17.2 Å². The third-order valence-electron chi connectivity index (χ3n) is 7.63. The van der Waals surface area contributed by atoms with Gasteiger partial charge in [-0.3, -0.25) is 14.2 Å². The number of methoxy groups -OCH3 is 2. The van der Waals surface area contributed by atoms with Crippen molar-refractivity contribution in [3.05, 3.63) is 130 Å². The highest BCUT2D eigenvalue weighted by molar-refractivity contribution is 14.1. The number of fused-ring (bicyclic) bond motifs is 2. The molecular weight excluding hydrogens is 687 g/mol. The van der Waals surface area contributed by atoms with E-state index >= 15 is 0 Å². The Kier molecular flexibility index (Phi) is 8.42. The van der Waals surface area contributed by atoms with Gasteiger partial charge in [0.05, 0.1) is 28.4 Å². The van der Waals surface area contributed by atoms with Crippen LogP contribution in [0.25, 0.3) is 16.8 Å². The van der Waals surface area contributed by atoms with Crippen LogP contribution < -0.4 is 29.1 Å². The summed E-state index contributed by atoms with van der Waals surface area (Å²) in [5.74, 6) is 1.78. The molecule has 0 fully saturated rings. The third kappa shape index (κ3) is 5.57. The molecule has 1 aliphatic heterocycles. The number of halogens is 1. The lowest BCUT2D eigenvalue weighted by molar-refractivity contribution is -0.114. The summed E-state index contributed by atoms with van der Waals surface area (Å²) in [6, 6.07) is 25.1. The Balaban J connectivity index is 1.39. The predicted octanol–water partition coefficient (Wildman–Crippen LogP) is 6.18. The summed E-state index contributed by atoms with van der Waals surface area (Å²) in [6.07, 6.45) is 1.83. The van der Waals surface area contributed by atoms with Crippen LogP contribution in [-0.4, -0.2) is 24.6 Å². The van der Waals surface area contributed by atoms with E-state index in [0.29, 0.717) is 44.5 Å². The van der Waals surface area contributed by atoms with Crippen molar-refractivity contribution in [2.45, 2.75) is 26.5 Å². The number of carbonyl (C=O) groups is 1. The van der Waals surface area contributed by atoms with Crippen LogP contribution >= 0.6 is 33.9 Å². The van der Waals surface area contributed by atoms with E-state index in [4.69, 9.17) is 14.2 Å². The molecule has 0 radical (unpaired) electrons. The molecule has 44 heavy (non-hydrogen) atoms. The number of hydrogen-bond donors (Lipinski definition) is 0. The molecule has 0 saturated carbocycles. The highest BCUT2D eigenvalue weighted by atomic mass is 127. The number of carbonyl (C=O) groups excluding carboxylic acids is 1. The highest BCUT2D eigenvalue weighted by Crippen LogP contribution is 2.36. The van der Waals surface area contributed by atoms with Crippen molar-refractivity contribution in [3.63, 3.8) is 0 Å². The SMILES string of the molecule is COc1ccc([C@@H]2C(C(C)=O)=C(C)N=c3s/c(=C/c4cc(I)c(OCc5cccc6ccccc56)c(OC)c4)c(=O)n32)cc1. The van der Waals surface area contributed by atoms with Gasteiger partial charge in [0.25, 0.3) is 5.56 Å². The van der Waals surface area contributed by atoms with E-state index in [1.54, 1.807) is 18.8 Å². The van der Waals surface area contributed by atoms with Crippen LogP contribution in [0.5, 0.6) is 17.2 Å². The minimum absolute atomic E-state index is 0.125. The number of nitrogens with zero attached hydrogens (tertiary/aromatic N) is 2. The lowest BCUT2D eigenvalue weighted by Crippen LogP contribution is -2.39. The monoisotopic (exact) mass is 716 g/mol. The molecule has 0 saturated heterocycles. The molecule has 1 aliphatic rings. The van der Waals surface area contributed by atoms with Gasteiger partial charge in [-0.25, -0.2) is 4.99 Å². The first kappa shape index (κ1) is 29.8. The molecule has 1 aromatic heterocycles. The molecule has 0 aliphatic carbocycles. The number of benzene rings is 4. The number of ether oxygens (including phenoxy) is 3. The lowest BCUT2D eigenvalue weighted by Gasteiger charge is -2.24. The minimum Gasteiger partial charge on any atom is -0.497 e. The number of ketones is 1. The first-order valence-corrected chi connectivity index (χ1v) is 15.8. The van der Waals surface area contributed by atoms with Crippen molar-refractivity contribution >= 4 is 56.6 Å². The number of allylic oxidation sites excluding steroid dienone is 2. The van der Waals surface area contributed by atoms with Gasteiger partial charge < -0.3 is 14.2 Å².